The fourth-order valence-electron chi connectivity index (χ4n) is 3.31. The van der Waals surface area contributed by atoms with Gasteiger partial charge >= 0.3 is 11.2 Å². The first-order valence-corrected chi connectivity index (χ1v) is 8.45. The molecule has 0 spiro atoms. The van der Waals surface area contributed by atoms with E-state index in [2.05, 4.69) is 4.74 Å². The van der Waals surface area contributed by atoms with E-state index in [1.807, 2.05) is 0 Å². The van der Waals surface area contributed by atoms with Crippen LogP contribution in [-0.4, -0.2) is 45.5 Å². The summed E-state index contributed by atoms with van der Waals surface area (Å²) in [5, 5.41) is -5.29. The van der Waals surface area contributed by atoms with Gasteiger partial charge < -0.3 is 4.74 Å². The van der Waals surface area contributed by atoms with E-state index in [4.69, 9.17) is 4.18 Å². The minimum absolute atomic E-state index is 0.177. The summed E-state index contributed by atoms with van der Waals surface area (Å²) in [5.41, 5.74) is 0. The highest BCUT2D eigenvalue weighted by molar-refractivity contribution is 7.87. The fraction of sp³-hybridized carbons (Fsp3) is 0.889. The summed E-state index contributed by atoms with van der Waals surface area (Å²) < 4.78 is 79.2. The Hall–Kier alpha value is -0.810. The van der Waals surface area contributed by atoms with Crippen molar-refractivity contribution in [2.24, 2.45) is 11.8 Å². The number of thiol groups is 1. The second kappa shape index (κ2) is 4.10. The Morgan fingerprint density at radius 1 is 1.30 bits per heavy atom. The van der Waals surface area contributed by atoms with Crippen molar-refractivity contribution in [3.05, 3.63) is 0 Å². The van der Waals surface area contributed by atoms with Crippen molar-refractivity contribution >= 4 is 26.8 Å². The number of halogens is 2. The molecule has 5 atom stereocenters. The average Bonchev–Trinajstić information content (AvgIpc) is 2.92. The predicted molar refractivity (Wildman–Crippen MR) is 58.9 cm³/mol. The number of fused-ring (bicyclic) bond motifs is 1. The van der Waals surface area contributed by atoms with Gasteiger partial charge in [0.15, 0.2) is 0 Å². The van der Waals surface area contributed by atoms with Gasteiger partial charge in [0.05, 0.1) is 5.25 Å². The highest BCUT2D eigenvalue weighted by atomic mass is 32.2. The van der Waals surface area contributed by atoms with Gasteiger partial charge in [-0.3, -0.25) is 4.18 Å². The van der Waals surface area contributed by atoms with E-state index in [1.54, 1.807) is 0 Å². The minimum atomic E-state index is -4.62. The zero-order valence-electron chi connectivity index (χ0n) is 9.77. The maximum atomic E-state index is 13.0. The summed E-state index contributed by atoms with van der Waals surface area (Å²) in [6.07, 6.45) is -1.53. The molecule has 0 aromatic rings. The molecule has 2 saturated carbocycles. The highest BCUT2D eigenvalue weighted by Gasteiger charge is 2.66. The Kier molecular flexibility index (Phi) is 2.90. The number of rotatable bonds is 3. The third-order valence-electron chi connectivity index (χ3n) is 4.13. The molecule has 2 aliphatic carbocycles. The molecule has 7 nitrogen and oxygen atoms in total. The number of hydrogen-bond acceptors (Lipinski definition) is 7. The average molecular weight is 332 g/mol. The highest BCUT2D eigenvalue weighted by Crippen LogP contribution is 2.55. The van der Waals surface area contributed by atoms with Crippen LogP contribution in [0.3, 0.4) is 0 Å². The molecule has 20 heavy (non-hydrogen) atoms. The predicted octanol–water partition coefficient (Wildman–Crippen LogP) is -0.761. The van der Waals surface area contributed by atoms with Crippen LogP contribution in [0.25, 0.3) is 0 Å². The largest absolute Gasteiger partial charge is 0.454 e. The van der Waals surface area contributed by atoms with Crippen molar-refractivity contribution in [2.75, 3.05) is 0 Å². The molecular formula is C9H10F2O7S2. The topological polar surface area (TPSA) is 104 Å². The Morgan fingerprint density at radius 3 is 2.55 bits per heavy atom. The Labute approximate surface area is 114 Å². The molecule has 1 saturated heterocycles. The molecule has 0 aromatic carbocycles. The number of carbonyl (C=O) groups excluding carboxylic acids is 1. The molecule has 11 heteroatoms. The Morgan fingerprint density at radius 2 is 1.95 bits per heavy atom. The van der Waals surface area contributed by atoms with E-state index < -0.39 is 55.4 Å². The molecule has 0 amide bonds. The van der Waals surface area contributed by atoms with Crippen molar-refractivity contribution in [1.29, 1.82) is 0 Å². The van der Waals surface area contributed by atoms with E-state index >= 15 is 0 Å². The molecule has 3 rings (SSSR count). The molecule has 5 unspecified atom stereocenters. The lowest BCUT2D eigenvalue weighted by molar-refractivity contribution is -0.172. The van der Waals surface area contributed by atoms with Crippen molar-refractivity contribution in [3.63, 3.8) is 0 Å². The smallest absolute Gasteiger partial charge is 0.437 e. The number of esters is 1. The summed E-state index contributed by atoms with van der Waals surface area (Å²) in [7, 11) is -8.05. The zero-order chi connectivity index (χ0) is 14.9. The van der Waals surface area contributed by atoms with Gasteiger partial charge in [0.2, 0.25) is 10.7 Å². The van der Waals surface area contributed by atoms with Gasteiger partial charge in [-0.05, 0) is 12.8 Å². The first-order valence-electron chi connectivity index (χ1n) is 5.80. The van der Waals surface area contributed by atoms with Gasteiger partial charge in [-0.2, -0.15) is 17.2 Å². The Bertz CT molecular complexity index is 633. The molecule has 1 heterocycles. The molecule has 1 aliphatic heterocycles. The monoisotopic (exact) mass is 332 g/mol. The van der Waals surface area contributed by atoms with Crippen molar-refractivity contribution in [2.45, 2.75) is 35.6 Å². The van der Waals surface area contributed by atoms with Crippen LogP contribution in [0.4, 0.5) is 8.78 Å². The van der Waals surface area contributed by atoms with Gasteiger partial charge in [0, 0.05) is 11.8 Å². The summed E-state index contributed by atoms with van der Waals surface area (Å²) in [6.45, 7) is 0. The maximum absolute atomic E-state index is 13.0. The first kappa shape index (κ1) is 14.1. The summed E-state index contributed by atoms with van der Waals surface area (Å²) in [6, 6.07) is 0. The van der Waals surface area contributed by atoms with Crippen LogP contribution in [0.1, 0.15) is 12.8 Å². The summed E-state index contributed by atoms with van der Waals surface area (Å²) >= 11 is 0. The quantitative estimate of drug-likeness (QED) is 0.411. The lowest BCUT2D eigenvalue weighted by Gasteiger charge is -2.25. The first-order chi connectivity index (χ1) is 9.14. The van der Waals surface area contributed by atoms with Crippen molar-refractivity contribution in [1.82, 2.24) is 0 Å². The second-order valence-electron chi connectivity index (χ2n) is 5.16. The van der Waals surface area contributed by atoms with Gasteiger partial charge in [0.1, 0.15) is 12.2 Å². The molecule has 114 valence electrons. The normalized spacial score (nSPS) is 41.2. The molecule has 3 fully saturated rings. The van der Waals surface area contributed by atoms with E-state index in [0.717, 1.165) is 0 Å². The lowest BCUT2D eigenvalue weighted by Crippen LogP contribution is -2.42. The van der Waals surface area contributed by atoms with Crippen LogP contribution in [0.2, 0.25) is 0 Å². The lowest BCUT2D eigenvalue weighted by atomic mass is 9.94. The summed E-state index contributed by atoms with van der Waals surface area (Å²) in [4.78, 5) is 11.2. The molecule has 3 aliphatic rings. The molecule has 2 bridgehead atoms. The third kappa shape index (κ3) is 1.79. The fourth-order valence-corrected chi connectivity index (χ4v) is 5.40. The van der Waals surface area contributed by atoms with Crippen LogP contribution < -0.4 is 0 Å². The van der Waals surface area contributed by atoms with Crippen LogP contribution in [-0.2, 0) is 34.5 Å². The SMILES string of the molecule is O=C(OC1C2CC3C1OS(=O)(=O)C3C2)C(F)(F)[SH](=O)=O. The molecule has 0 N–H and O–H groups in total. The van der Waals surface area contributed by atoms with Gasteiger partial charge in [-0.1, -0.05) is 0 Å². The zero-order valence-corrected chi connectivity index (χ0v) is 11.5. The maximum Gasteiger partial charge on any atom is 0.437 e. The van der Waals surface area contributed by atoms with E-state index in [-0.39, 0.29) is 12.3 Å². The van der Waals surface area contributed by atoms with Gasteiger partial charge in [-0.25, -0.2) is 13.2 Å². The number of alkyl halides is 2. The third-order valence-corrected chi connectivity index (χ3v) is 6.55. The standard InChI is InChI=1S/C9H10F2O7S2/c10-9(11,19(13)14)8(12)17-6-3-1-4-5(2-3)20(15,16)18-7(4)6/h3-7,19H,1-2H2. The second-order valence-corrected chi connectivity index (χ2v) is 8.02. The van der Waals surface area contributed by atoms with E-state index in [0.29, 0.717) is 6.42 Å². The van der Waals surface area contributed by atoms with Crippen molar-refractivity contribution < 1.29 is 39.3 Å². The minimum Gasteiger partial charge on any atom is -0.454 e. The Balaban J connectivity index is 1.80. The number of hydrogen-bond donors (Lipinski definition) is 1. The van der Waals surface area contributed by atoms with Crippen LogP contribution in [0.15, 0.2) is 0 Å². The molecular weight excluding hydrogens is 322 g/mol. The van der Waals surface area contributed by atoms with Gasteiger partial charge in [0.25, 0.3) is 10.1 Å². The van der Waals surface area contributed by atoms with Gasteiger partial charge in [-0.15, -0.1) is 0 Å². The van der Waals surface area contributed by atoms with Crippen molar-refractivity contribution in [3.8, 4) is 0 Å². The molecule has 0 radical (unpaired) electrons. The number of ether oxygens (including phenoxy) is 1. The van der Waals surface area contributed by atoms with Crippen LogP contribution in [0, 0.1) is 11.8 Å². The van der Waals surface area contributed by atoms with Crippen LogP contribution >= 0.6 is 0 Å². The van der Waals surface area contributed by atoms with Crippen LogP contribution in [0.5, 0.6) is 0 Å². The van der Waals surface area contributed by atoms with E-state index in [1.165, 1.54) is 0 Å². The molecule has 0 aromatic heterocycles. The summed E-state index contributed by atoms with van der Waals surface area (Å²) in [5.74, 6) is -2.95. The van der Waals surface area contributed by atoms with E-state index in [9.17, 15) is 30.4 Å². The number of carbonyl (C=O) groups is 1.